The lowest BCUT2D eigenvalue weighted by molar-refractivity contribution is -0.142. The first-order chi connectivity index (χ1) is 20.7. The monoisotopic (exact) mass is 565 g/mol. The minimum absolute atomic E-state index is 0.0264. The summed E-state index contributed by atoms with van der Waals surface area (Å²) in [5.41, 5.74) is 4.14. The predicted molar refractivity (Wildman–Crippen MR) is 161 cm³/mol. The van der Waals surface area contributed by atoms with E-state index in [9.17, 15) is 9.59 Å². The Morgan fingerprint density at radius 3 is 2.62 bits per heavy atom. The Morgan fingerprint density at radius 1 is 1.02 bits per heavy atom. The second kappa shape index (κ2) is 12.9. The molecule has 1 aliphatic heterocycles. The van der Waals surface area contributed by atoms with E-state index >= 15 is 0 Å². The lowest BCUT2D eigenvalue weighted by Gasteiger charge is -2.37. The molecule has 1 fully saturated rings. The van der Waals surface area contributed by atoms with Crippen molar-refractivity contribution >= 4 is 34.2 Å². The Kier molecular flexibility index (Phi) is 8.51. The summed E-state index contributed by atoms with van der Waals surface area (Å²) >= 11 is 0. The maximum atomic E-state index is 14.1. The Hall–Kier alpha value is -4.57. The van der Waals surface area contributed by atoms with E-state index in [2.05, 4.69) is 37.7 Å². The highest BCUT2D eigenvalue weighted by Crippen LogP contribution is 2.29. The van der Waals surface area contributed by atoms with Gasteiger partial charge in [0.1, 0.15) is 18.1 Å². The van der Waals surface area contributed by atoms with E-state index in [4.69, 9.17) is 4.74 Å². The predicted octanol–water partition coefficient (Wildman–Crippen LogP) is 4.06. The molecule has 2 aromatic carbocycles. The van der Waals surface area contributed by atoms with Gasteiger partial charge in [-0.3, -0.25) is 14.6 Å². The van der Waals surface area contributed by atoms with Gasteiger partial charge in [0.15, 0.2) is 0 Å². The lowest BCUT2D eigenvalue weighted by Crippen LogP contribution is -2.52. The molecule has 42 heavy (non-hydrogen) atoms. The second-order valence-electron chi connectivity index (χ2n) is 10.7. The minimum Gasteiger partial charge on any atom is -0.378 e. The third kappa shape index (κ3) is 6.33. The largest absolute Gasteiger partial charge is 0.378 e. The number of allylic oxidation sites excluding steroid dienone is 2. The molecule has 2 aliphatic rings. The number of benzene rings is 2. The molecule has 0 saturated carbocycles. The number of nitrogens with one attached hydrogen (secondary N) is 1. The molecular weight excluding hydrogens is 530 g/mol. The number of hydrogen-bond acceptors (Lipinski definition) is 7. The summed E-state index contributed by atoms with van der Waals surface area (Å²) in [5, 5.41) is 11.6. The molecule has 10 nitrogen and oxygen atoms in total. The van der Waals surface area contributed by atoms with E-state index in [1.54, 1.807) is 22.0 Å². The number of para-hydroxylation sites is 1. The number of hydrogen-bond donors (Lipinski definition) is 1. The van der Waals surface area contributed by atoms with E-state index in [0.717, 1.165) is 54.6 Å². The number of anilines is 2. The van der Waals surface area contributed by atoms with E-state index in [1.165, 1.54) is 0 Å². The van der Waals surface area contributed by atoms with Crippen LogP contribution in [-0.4, -0.2) is 69.0 Å². The van der Waals surface area contributed by atoms with Crippen molar-refractivity contribution in [1.82, 2.24) is 24.9 Å². The van der Waals surface area contributed by atoms with Gasteiger partial charge in [0, 0.05) is 43.4 Å². The summed E-state index contributed by atoms with van der Waals surface area (Å²) in [7, 11) is 0. The summed E-state index contributed by atoms with van der Waals surface area (Å²) < 4.78 is 7.08. The summed E-state index contributed by atoms with van der Waals surface area (Å²) in [5.74, 6) is -0.433. The van der Waals surface area contributed by atoms with Gasteiger partial charge in [-0.1, -0.05) is 35.6 Å². The average molecular weight is 566 g/mol. The van der Waals surface area contributed by atoms with E-state index in [1.807, 2.05) is 60.7 Å². The van der Waals surface area contributed by atoms with E-state index in [-0.39, 0.29) is 30.8 Å². The van der Waals surface area contributed by atoms with Crippen molar-refractivity contribution in [1.29, 1.82) is 0 Å². The molecule has 1 N–H and O–H groups in total. The summed E-state index contributed by atoms with van der Waals surface area (Å²) in [6.45, 7) is 3.34. The molecule has 3 heterocycles. The SMILES string of the molecule is O=C(Nc1ccc(N2CCOCC2)cc1)C(C1CC=CCC1)N(Cc1cccnc1)C(=O)Cn1nnc2ccccc21. The molecule has 1 saturated heterocycles. The quantitative estimate of drug-likeness (QED) is 0.305. The molecule has 2 aromatic heterocycles. The van der Waals surface area contributed by atoms with Crippen molar-refractivity contribution in [3.8, 4) is 0 Å². The van der Waals surface area contributed by atoms with Gasteiger partial charge in [0.25, 0.3) is 0 Å². The van der Waals surface area contributed by atoms with Crippen molar-refractivity contribution in [3.63, 3.8) is 0 Å². The fraction of sp³-hybridized carbons (Fsp3) is 0.344. The molecule has 10 heteroatoms. The number of amides is 2. The van der Waals surface area contributed by atoms with Gasteiger partial charge in [-0.2, -0.15) is 0 Å². The van der Waals surface area contributed by atoms with Gasteiger partial charge >= 0.3 is 0 Å². The number of ether oxygens (including phenoxy) is 1. The fourth-order valence-electron chi connectivity index (χ4n) is 5.79. The number of aromatic nitrogens is 4. The molecule has 2 atom stereocenters. The molecule has 4 aromatic rings. The molecule has 6 rings (SSSR count). The number of carbonyl (C=O) groups excluding carboxylic acids is 2. The second-order valence-corrected chi connectivity index (χ2v) is 10.7. The van der Waals surface area contributed by atoms with Crippen LogP contribution < -0.4 is 10.2 Å². The smallest absolute Gasteiger partial charge is 0.247 e. The first-order valence-electron chi connectivity index (χ1n) is 14.5. The first kappa shape index (κ1) is 27.6. The molecule has 0 spiro atoms. The third-order valence-corrected chi connectivity index (χ3v) is 7.97. The average Bonchev–Trinajstić information content (AvgIpc) is 3.45. The van der Waals surface area contributed by atoms with Gasteiger partial charge in [-0.25, -0.2) is 4.68 Å². The van der Waals surface area contributed by atoms with Crippen LogP contribution in [0.25, 0.3) is 11.0 Å². The Bertz CT molecular complexity index is 1530. The molecule has 0 radical (unpaired) electrons. The highest BCUT2D eigenvalue weighted by Gasteiger charge is 2.37. The maximum absolute atomic E-state index is 14.1. The molecule has 2 unspecified atom stereocenters. The molecule has 1 aliphatic carbocycles. The minimum atomic E-state index is -0.684. The summed E-state index contributed by atoms with van der Waals surface area (Å²) in [6, 6.07) is 18.5. The zero-order valence-electron chi connectivity index (χ0n) is 23.5. The molecular formula is C32H35N7O3. The maximum Gasteiger partial charge on any atom is 0.247 e. The van der Waals surface area contributed by atoms with Crippen molar-refractivity contribution < 1.29 is 14.3 Å². The van der Waals surface area contributed by atoms with Crippen LogP contribution in [0.3, 0.4) is 0 Å². The van der Waals surface area contributed by atoms with Crippen LogP contribution >= 0.6 is 0 Å². The molecule has 216 valence electrons. The molecule has 2 amide bonds. The van der Waals surface area contributed by atoms with E-state index < -0.39 is 6.04 Å². The number of morpholine rings is 1. The molecule has 0 bridgehead atoms. The van der Waals surface area contributed by atoms with Crippen molar-refractivity contribution in [2.24, 2.45) is 5.92 Å². The Labute approximate surface area is 245 Å². The number of pyridine rings is 1. The third-order valence-electron chi connectivity index (χ3n) is 7.97. The Balaban J connectivity index is 1.28. The first-order valence-corrected chi connectivity index (χ1v) is 14.5. The van der Waals surface area contributed by atoms with Crippen LogP contribution in [0.1, 0.15) is 24.8 Å². The zero-order valence-corrected chi connectivity index (χ0v) is 23.5. The fourth-order valence-corrected chi connectivity index (χ4v) is 5.79. The normalized spacial score (nSPS) is 17.6. The number of nitrogens with zero attached hydrogens (tertiary/aromatic N) is 6. The van der Waals surface area contributed by atoms with E-state index in [0.29, 0.717) is 18.9 Å². The number of rotatable bonds is 9. The van der Waals surface area contributed by atoms with Crippen LogP contribution in [0.4, 0.5) is 11.4 Å². The zero-order chi connectivity index (χ0) is 28.7. The van der Waals surface area contributed by atoms with Crippen molar-refractivity contribution in [2.45, 2.75) is 38.4 Å². The van der Waals surface area contributed by atoms with Gasteiger partial charge < -0.3 is 19.9 Å². The van der Waals surface area contributed by atoms with Crippen LogP contribution in [0, 0.1) is 5.92 Å². The highest BCUT2D eigenvalue weighted by atomic mass is 16.5. The van der Waals surface area contributed by atoms with Crippen molar-refractivity contribution in [3.05, 3.63) is 90.8 Å². The standard InChI is InChI=1S/C32H35N7O3/c40-30(23-39-29-11-5-4-10-28(29)35-36-39)38(22-24-7-6-16-33-21-24)31(25-8-2-1-3-9-25)32(41)34-26-12-14-27(15-13-26)37-17-19-42-20-18-37/h1-2,4-7,10-16,21,25,31H,3,8-9,17-20,22-23H2,(H,34,41). The van der Waals surface area contributed by atoms with Gasteiger partial charge in [0.2, 0.25) is 11.8 Å². The van der Waals surface area contributed by atoms with Gasteiger partial charge in [-0.05, 0) is 73.2 Å². The van der Waals surface area contributed by atoms with Crippen LogP contribution in [0.15, 0.2) is 85.2 Å². The van der Waals surface area contributed by atoms with Crippen LogP contribution in [0.5, 0.6) is 0 Å². The highest BCUT2D eigenvalue weighted by molar-refractivity contribution is 5.97. The summed E-state index contributed by atoms with van der Waals surface area (Å²) in [6.07, 6.45) is 10.1. The van der Waals surface area contributed by atoms with Crippen LogP contribution in [-0.2, 0) is 27.4 Å². The van der Waals surface area contributed by atoms with Crippen molar-refractivity contribution in [2.75, 3.05) is 36.5 Å². The number of carbonyl (C=O) groups is 2. The van der Waals surface area contributed by atoms with Gasteiger partial charge in [0.05, 0.1) is 18.7 Å². The lowest BCUT2D eigenvalue weighted by atomic mass is 9.85. The van der Waals surface area contributed by atoms with Crippen LogP contribution in [0.2, 0.25) is 0 Å². The Morgan fingerprint density at radius 2 is 1.86 bits per heavy atom. The summed E-state index contributed by atoms with van der Waals surface area (Å²) in [4.78, 5) is 36.5. The van der Waals surface area contributed by atoms with Gasteiger partial charge in [-0.15, -0.1) is 5.10 Å². The number of fused-ring (bicyclic) bond motifs is 1. The topological polar surface area (TPSA) is 105 Å².